The van der Waals surface area contributed by atoms with Gasteiger partial charge in [-0.05, 0) is 31.9 Å². The summed E-state index contributed by atoms with van der Waals surface area (Å²) in [6.45, 7) is 4.85. The molecule has 0 saturated heterocycles. The summed E-state index contributed by atoms with van der Waals surface area (Å²) >= 11 is 0. The molecular weight excluding hydrogens is 242 g/mol. The quantitative estimate of drug-likeness (QED) is 0.922. The van der Waals surface area contributed by atoms with Crippen LogP contribution in [0.5, 0.6) is 11.5 Å². The summed E-state index contributed by atoms with van der Waals surface area (Å²) in [5.41, 5.74) is 3.35. The van der Waals surface area contributed by atoms with E-state index in [1.807, 2.05) is 19.1 Å². The number of hydrogen-bond donors (Lipinski definition) is 1. The van der Waals surface area contributed by atoms with Crippen molar-refractivity contribution in [3.05, 3.63) is 23.4 Å². The molecule has 1 aromatic carbocycles. The molecule has 1 aliphatic rings. The molecule has 2 heterocycles. The molecule has 4 nitrogen and oxygen atoms in total. The average molecular weight is 259 g/mol. The number of rotatable bonds is 3. The maximum atomic E-state index is 11.2. The number of Topliss-reactive ketones (excluding diaryl/α,β-unsaturated/α-hetero) is 1. The highest BCUT2D eigenvalue weighted by molar-refractivity contribution is 5.88. The highest BCUT2D eigenvalue weighted by Crippen LogP contribution is 2.36. The summed E-state index contributed by atoms with van der Waals surface area (Å²) in [6.07, 6.45) is 1.34. The molecule has 0 radical (unpaired) electrons. The lowest BCUT2D eigenvalue weighted by Crippen LogP contribution is -2.15. The van der Waals surface area contributed by atoms with Gasteiger partial charge in [0.25, 0.3) is 0 Å². The van der Waals surface area contributed by atoms with E-state index in [2.05, 4.69) is 4.98 Å². The van der Waals surface area contributed by atoms with Crippen LogP contribution >= 0.6 is 0 Å². The Morgan fingerprint density at radius 1 is 1.26 bits per heavy atom. The Morgan fingerprint density at radius 3 is 2.63 bits per heavy atom. The van der Waals surface area contributed by atoms with Gasteiger partial charge in [-0.1, -0.05) is 0 Å². The molecule has 1 aromatic heterocycles. The fourth-order valence-electron chi connectivity index (χ4n) is 2.54. The molecule has 100 valence electrons. The van der Waals surface area contributed by atoms with E-state index in [4.69, 9.17) is 9.47 Å². The van der Waals surface area contributed by atoms with Crippen LogP contribution in [0.25, 0.3) is 10.9 Å². The van der Waals surface area contributed by atoms with E-state index in [0.29, 0.717) is 19.6 Å². The smallest absolute Gasteiger partial charge is 0.163 e. The number of fused-ring (bicyclic) bond motifs is 2. The second kappa shape index (κ2) is 4.61. The monoisotopic (exact) mass is 259 g/mol. The molecular formula is C15H17NO3. The van der Waals surface area contributed by atoms with Gasteiger partial charge >= 0.3 is 0 Å². The summed E-state index contributed by atoms with van der Waals surface area (Å²) in [5, 5.41) is 1.13. The summed E-state index contributed by atoms with van der Waals surface area (Å²) in [7, 11) is 0. The molecule has 4 heteroatoms. The second-order valence-corrected chi connectivity index (χ2v) is 4.97. The van der Waals surface area contributed by atoms with Gasteiger partial charge in [-0.25, -0.2) is 0 Å². The second-order valence-electron chi connectivity index (χ2n) is 4.97. The first-order valence-electron chi connectivity index (χ1n) is 6.55. The SMILES string of the molecule is CC(=O)CCc1c(C)[nH]c2cc3c(cc12)OCCO3. The molecule has 0 atom stereocenters. The van der Waals surface area contributed by atoms with Gasteiger partial charge in [-0.3, -0.25) is 0 Å². The van der Waals surface area contributed by atoms with Crippen LogP contribution < -0.4 is 9.47 Å². The Balaban J connectivity index is 2.06. The molecule has 0 aliphatic carbocycles. The first-order valence-corrected chi connectivity index (χ1v) is 6.55. The number of nitrogens with one attached hydrogen (secondary N) is 1. The molecule has 1 aliphatic heterocycles. The van der Waals surface area contributed by atoms with E-state index >= 15 is 0 Å². The third-order valence-corrected chi connectivity index (χ3v) is 3.51. The Kier molecular flexibility index (Phi) is 2.93. The van der Waals surface area contributed by atoms with Crippen LogP contribution in [0.3, 0.4) is 0 Å². The van der Waals surface area contributed by atoms with Crippen molar-refractivity contribution in [1.29, 1.82) is 0 Å². The topological polar surface area (TPSA) is 51.3 Å². The largest absolute Gasteiger partial charge is 0.486 e. The van der Waals surface area contributed by atoms with Crippen LogP contribution in [0.1, 0.15) is 24.6 Å². The van der Waals surface area contributed by atoms with Crippen LogP contribution in [0.2, 0.25) is 0 Å². The Morgan fingerprint density at radius 2 is 1.95 bits per heavy atom. The highest BCUT2D eigenvalue weighted by atomic mass is 16.6. The number of aromatic nitrogens is 1. The number of H-pyrrole nitrogens is 1. The Labute approximate surface area is 111 Å². The maximum absolute atomic E-state index is 11.2. The molecule has 0 amide bonds. The van der Waals surface area contributed by atoms with E-state index in [-0.39, 0.29) is 5.78 Å². The van der Waals surface area contributed by atoms with Crippen LogP contribution in [0, 0.1) is 6.92 Å². The van der Waals surface area contributed by atoms with Gasteiger partial charge in [0.1, 0.15) is 19.0 Å². The minimum atomic E-state index is 0.214. The van der Waals surface area contributed by atoms with Gasteiger partial charge in [0.15, 0.2) is 11.5 Å². The fourth-order valence-corrected chi connectivity index (χ4v) is 2.54. The Bertz CT molecular complexity index is 642. The number of carbonyl (C=O) groups is 1. The molecule has 0 unspecified atom stereocenters. The molecule has 0 saturated carbocycles. The standard InChI is InChI=1S/C15H17NO3/c1-9(17)3-4-11-10(2)16-13-8-15-14(7-12(11)13)18-5-6-19-15/h7-8,16H,3-6H2,1-2H3. The van der Waals surface area contributed by atoms with Crippen molar-refractivity contribution in [2.45, 2.75) is 26.7 Å². The summed E-state index contributed by atoms with van der Waals surface area (Å²) in [4.78, 5) is 14.5. The van der Waals surface area contributed by atoms with Crippen molar-refractivity contribution < 1.29 is 14.3 Å². The van der Waals surface area contributed by atoms with Crippen molar-refractivity contribution in [1.82, 2.24) is 4.98 Å². The summed E-state index contributed by atoms with van der Waals surface area (Å²) < 4.78 is 11.2. The number of aromatic amines is 1. The van der Waals surface area contributed by atoms with E-state index in [1.165, 1.54) is 5.56 Å². The molecule has 2 aromatic rings. The van der Waals surface area contributed by atoms with Crippen LogP contribution in [-0.2, 0) is 11.2 Å². The first kappa shape index (κ1) is 12.1. The van der Waals surface area contributed by atoms with Crippen molar-refractivity contribution in [3.8, 4) is 11.5 Å². The van der Waals surface area contributed by atoms with E-state index < -0.39 is 0 Å². The molecule has 19 heavy (non-hydrogen) atoms. The number of ether oxygens (including phenoxy) is 2. The predicted octanol–water partition coefficient (Wildman–Crippen LogP) is 2.77. The van der Waals surface area contributed by atoms with Crippen LogP contribution in [0.15, 0.2) is 12.1 Å². The van der Waals surface area contributed by atoms with Gasteiger partial charge in [0, 0.05) is 29.1 Å². The third-order valence-electron chi connectivity index (χ3n) is 3.51. The van der Waals surface area contributed by atoms with Gasteiger partial charge in [-0.2, -0.15) is 0 Å². The van der Waals surface area contributed by atoms with Gasteiger partial charge in [0.2, 0.25) is 0 Å². The highest BCUT2D eigenvalue weighted by Gasteiger charge is 2.16. The lowest BCUT2D eigenvalue weighted by atomic mass is 10.0. The number of aryl methyl sites for hydroxylation is 2. The number of hydrogen-bond acceptors (Lipinski definition) is 3. The number of ketones is 1. The van der Waals surface area contributed by atoms with Crippen LogP contribution in [-0.4, -0.2) is 24.0 Å². The molecule has 0 spiro atoms. The first-order chi connectivity index (χ1) is 9.15. The minimum absolute atomic E-state index is 0.214. The summed E-state index contributed by atoms with van der Waals surface area (Å²) in [5.74, 6) is 1.80. The normalized spacial score (nSPS) is 13.8. The van der Waals surface area contributed by atoms with Crippen molar-refractivity contribution in [3.63, 3.8) is 0 Å². The Hall–Kier alpha value is -1.97. The zero-order chi connectivity index (χ0) is 13.4. The van der Waals surface area contributed by atoms with Crippen molar-refractivity contribution in [2.24, 2.45) is 0 Å². The fraction of sp³-hybridized carbons (Fsp3) is 0.400. The predicted molar refractivity (Wildman–Crippen MR) is 73.0 cm³/mol. The van der Waals surface area contributed by atoms with Gasteiger partial charge < -0.3 is 19.3 Å². The molecule has 1 N–H and O–H groups in total. The van der Waals surface area contributed by atoms with Crippen LogP contribution in [0.4, 0.5) is 0 Å². The third kappa shape index (κ3) is 2.18. The van der Waals surface area contributed by atoms with Gasteiger partial charge in [-0.15, -0.1) is 0 Å². The zero-order valence-electron chi connectivity index (χ0n) is 11.2. The molecule has 0 fully saturated rings. The molecule has 3 rings (SSSR count). The molecule has 0 bridgehead atoms. The minimum Gasteiger partial charge on any atom is -0.486 e. The van der Waals surface area contributed by atoms with E-state index in [0.717, 1.165) is 34.5 Å². The lowest BCUT2D eigenvalue weighted by Gasteiger charge is -2.18. The number of carbonyl (C=O) groups excluding carboxylic acids is 1. The number of benzene rings is 1. The zero-order valence-corrected chi connectivity index (χ0v) is 11.2. The van der Waals surface area contributed by atoms with Crippen molar-refractivity contribution >= 4 is 16.7 Å². The maximum Gasteiger partial charge on any atom is 0.163 e. The summed E-state index contributed by atoms with van der Waals surface area (Å²) in [6, 6.07) is 4.00. The average Bonchev–Trinajstić information content (AvgIpc) is 2.68. The van der Waals surface area contributed by atoms with E-state index in [1.54, 1.807) is 6.92 Å². The lowest BCUT2D eigenvalue weighted by molar-refractivity contribution is -0.116. The van der Waals surface area contributed by atoms with Crippen molar-refractivity contribution in [2.75, 3.05) is 13.2 Å². The van der Waals surface area contributed by atoms with E-state index in [9.17, 15) is 4.79 Å². The van der Waals surface area contributed by atoms with Gasteiger partial charge in [0.05, 0.1) is 0 Å².